The lowest BCUT2D eigenvalue weighted by molar-refractivity contribution is -0.274. The number of hydrogen-bond acceptors (Lipinski definition) is 2. The lowest BCUT2D eigenvalue weighted by atomic mass is 10.0. The summed E-state index contributed by atoms with van der Waals surface area (Å²) < 4.78 is 65.1. The molecule has 0 heterocycles. The maximum atomic E-state index is 12.6. The minimum Gasteiger partial charge on any atom is -0.405 e. The van der Waals surface area contributed by atoms with Crippen molar-refractivity contribution in [3.63, 3.8) is 0 Å². The smallest absolute Gasteiger partial charge is 0.405 e. The number of ketones is 1. The van der Waals surface area contributed by atoms with E-state index in [0.29, 0.717) is 0 Å². The van der Waals surface area contributed by atoms with Gasteiger partial charge in [-0.25, -0.2) is 8.78 Å². The quantitative estimate of drug-likeness (QED) is 0.471. The number of benzene rings is 1. The normalized spacial score (nSPS) is 11.7. The predicted octanol–water partition coefficient (Wildman–Crippen LogP) is 4.10. The zero-order valence-electron chi connectivity index (χ0n) is 8.60. The molecule has 0 aromatic heterocycles. The number of halogens is 6. The fraction of sp³-hybridized carbons (Fsp3) is 0.300. The minimum atomic E-state index is -5.05. The average Bonchev–Trinajstić information content (AvgIpc) is 2.25. The van der Waals surface area contributed by atoms with Gasteiger partial charge in [-0.3, -0.25) is 4.79 Å². The Morgan fingerprint density at radius 1 is 1.33 bits per heavy atom. The molecule has 1 aromatic carbocycles. The number of carbonyl (C=O) groups is 1. The first kappa shape index (κ1) is 14.9. The van der Waals surface area contributed by atoms with Gasteiger partial charge in [0.25, 0.3) is 6.43 Å². The van der Waals surface area contributed by atoms with Gasteiger partial charge >= 0.3 is 6.36 Å². The molecule has 0 aliphatic carbocycles. The van der Waals surface area contributed by atoms with Crippen molar-refractivity contribution in [2.75, 3.05) is 5.33 Å². The van der Waals surface area contributed by atoms with E-state index in [1.54, 1.807) is 0 Å². The molecule has 0 spiro atoms. The molecule has 0 saturated carbocycles. The first-order valence-corrected chi connectivity index (χ1v) is 5.64. The van der Waals surface area contributed by atoms with Crippen LogP contribution in [0.15, 0.2) is 18.2 Å². The SMILES string of the molecule is O=C(CBr)c1c(OC(F)(F)F)cccc1C(F)F. The number of ether oxygens (including phenoxy) is 1. The Kier molecular flexibility index (Phi) is 4.66. The summed E-state index contributed by atoms with van der Waals surface area (Å²) in [7, 11) is 0. The van der Waals surface area contributed by atoms with Crippen LogP contribution in [0, 0.1) is 0 Å². The summed E-state index contributed by atoms with van der Waals surface area (Å²) in [6.45, 7) is 0. The van der Waals surface area contributed by atoms with Crippen LogP contribution in [0.25, 0.3) is 0 Å². The summed E-state index contributed by atoms with van der Waals surface area (Å²) in [6.07, 6.45) is -8.12. The maximum Gasteiger partial charge on any atom is 0.573 e. The summed E-state index contributed by atoms with van der Waals surface area (Å²) in [5.74, 6) is -1.84. The number of rotatable bonds is 4. The molecule has 0 bridgehead atoms. The van der Waals surface area contributed by atoms with E-state index in [1.165, 1.54) is 0 Å². The van der Waals surface area contributed by atoms with Crippen molar-refractivity contribution in [3.8, 4) is 5.75 Å². The van der Waals surface area contributed by atoms with Crippen molar-refractivity contribution in [3.05, 3.63) is 29.3 Å². The fourth-order valence-electron chi connectivity index (χ4n) is 1.30. The van der Waals surface area contributed by atoms with Gasteiger partial charge in [0.05, 0.1) is 10.9 Å². The third-order valence-electron chi connectivity index (χ3n) is 1.92. The molecule has 0 atom stereocenters. The molecule has 1 aromatic rings. The van der Waals surface area contributed by atoms with Gasteiger partial charge in [0, 0.05) is 5.56 Å². The highest BCUT2D eigenvalue weighted by atomic mass is 79.9. The van der Waals surface area contributed by atoms with Crippen molar-refractivity contribution >= 4 is 21.7 Å². The van der Waals surface area contributed by atoms with Gasteiger partial charge in [0.2, 0.25) is 0 Å². The summed E-state index contributed by atoms with van der Waals surface area (Å²) in [6, 6.07) is 2.66. The lowest BCUT2D eigenvalue weighted by Gasteiger charge is -2.15. The number of hydrogen-bond donors (Lipinski definition) is 0. The molecule has 0 unspecified atom stereocenters. The van der Waals surface area contributed by atoms with Crippen molar-refractivity contribution in [1.29, 1.82) is 0 Å². The van der Waals surface area contributed by atoms with E-state index in [-0.39, 0.29) is 5.33 Å². The van der Waals surface area contributed by atoms with Gasteiger partial charge in [0.15, 0.2) is 5.78 Å². The van der Waals surface area contributed by atoms with Crippen LogP contribution in [0.1, 0.15) is 22.3 Å². The van der Waals surface area contributed by atoms with E-state index in [9.17, 15) is 26.7 Å². The van der Waals surface area contributed by atoms with Crippen LogP contribution in [0.2, 0.25) is 0 Å². The fourth-order valence-corrected chi connectivity index (χ4v) is 1.59. The molecule has 0 saturated heterocycles. The zero-order chi connectivity index (χ0) is 13.9. The van der Waals surface area contributed by atoms with E-state index in [1.807, 2.05) is 0 Å². The summed E-state index contributed by atoms with van der Waals surface area (Å²) in [4.78, 5) is 11.4. The van der Waals surface area contributed by atoms with Crippen molar-refractivity contribution in [1.82, 2.24) is 0 Å². The second-order valence-corrected chi connectivity index (χ2v) is 3.69. The Morgan fingerprint density at radius 3 is 2.39 bits per heavy atom. The van der Waals surface area contributed by atoms with Crippen molar-refractivity contribution < 1.29 is 31.5 Å². The van der Waals surface area contributed by atoms with Crippen LogP contribution in [0.3, 0.4) is 0 Å². The highest BCUT2D eigenvalue weighted by Gasteiger charge is 2.34. The topological polar surface area (TPSA) is 26.3 Å². The van der Waals surface area contributed by atoms with Gasteiger partial charge in [-0.15, -0.1) is 13.2 Å². The first-order valence-electron chi connectivity index (χ1n) is 4.52. The molecule has 0 aliphatic rings. The molecular formula is C10H6BrF5O2. The lowest BCUT2D eigenvalue weighted by Crippen LogP contribution is -2.20. The van der Waals surface area contributed by atoms with Crippen LogP contribution >= 0.6 is 15.9 Å². The Labute approximate surface area is 107 Å². The standard InChI is InChI=1S/C10H6BrF5O2/c11-4-6(17)8-5(9(12)13)2-1-3-7(8)18-10(14,15)16/h1-3,9H,4H2. The monoisotopic (exact) mass is 332 g/mol. The molecule has 0 fully saturated rings. The first-order chi connectivity index (χ1) is 8.26. The molecule has 1 rings (SSSR count). The highest BCUT2D eigenvalue weighted by Crippen LogP contribution is 2.33. The summed E-state index contributed by atoms with van der Waals surface area (Å²) in [5.41, 5.74) is -1.55. The minimum absolute atomic E-state index is 0.384. The van der Waals surface area contributed by atoms with Crippen LogP contribution in [-0.4, -0.2) is 17.5 Å². The van der Waals surface area contributed by atoms with E-state index in [0.717, 1.165) is 18.2 Å². The highest BCUT2D eigenvalue weighted by molar-refractivity contribution is 9.09. The summed E-state index contributed by atoms with van der Waals surface area (Å²) >= 11 is 2.72. The number of Topliss-reactive ketones (excluding diaryl/α,β-unsaturated/α-hetero) is 1. The number of carbonyl (C=O) groups excluding carboxylic acids is 1. The Morgan fingerprint density at radius 2 is 1.94 bits per heavy atom. The molecule has 0 amide bonds. The molecule has 8 heteroatoms. The largest absolute Gasteiger partial charge is 0.573 e. The number of alkyl halides is 6. The predicted molar refractivity (Wildman–Crippen MR) is 56.2 cm³/mol. The van der Waals surface area contributed by atoms with Gasteiger partial charge in [-0.05, 0) is 6.07 Å². The van der Waals surface area contributed by atoms with E-state index in [4.69, 9.17) is 0 Å². The van der Waals surface area contributed by atoms with Gasteiger partial charge < -0.3 is 4.74 Å². The Bertz CT molecular complexity index is 444. The third kappa shape index (κ3) is 3.66. The maximum absolute atomic E-state index is 12.6. The van der Waals surface area contributed by atoms with Crippen LogP contribution in [0.5, 0.6) is 5.75 Å². The van der Waals surface area contributed by atoms with E-state index in [2.05, 4.69) is 20.7 Å². The Hall–Kier alpha value is -1.18. The zero-order valence-corrected chi connectivity index (χ0v) is 10.2. The molecule has 0 aliphatic heterocycles. The van der Waals surface area contributed by atoms with Gasteiger partial charge in [-0.1, -0.05) is 28.1 Å². The van der Waals surface area contributed by atoms with Crippen LogP contribution in [0.4, 0.5) is 22.0 Å². The average molecular weight is 333 g/mol. The third-order valence-corrected chi connectivity index (χ3v) is 2.43. The van der Waals surface area contributed by atoms with Crippen molar-refractivity contribution in [2.45, 2.75) is 12.8 Å². The molecule has 2 nitrogen and oxygen atoms in total. The molecular weight excluding hydrogens is 327 g/mol. The summed E-state index contributed by atoms with van der Waals surface area (Å²) in [5, 5.41) is -0.384. The van der Waals surface area contributed by atoms with Crippen LogP contribution < -0.4 is 4.74 Å². The second kappa shape index (κ2) is 5.64. The molecule has 0 N–H and O–H groups in total. The van der Waals surface area contributed by atoms with Crippen molar-refractivity contribution in [2.24, 2.45) is 0 Å². The van der Waals surface area contributed by atoms with Gasteiger partial charge in [0.1, 0.15) is 5.75 Å². The van der Waals surface area contributed by atoms with E-state index < -0.39 is 35.4 Å². The molecule has 18 heavy (non-hydrogen) atoms. The molecule has 100 valence electrons. The van der Waals surface area contributed by atoms with E-state index >= 15 is 0 Å². The van der Waals surface area contributed by atoms with Gasteiger partial charge in [-0.2, -0.15) is 0 Å². The molecule has 0 radical (unpaired) electrons. The second-order valence-electron chi connectivity index (χ2n) is 3.13. The Balaban J connectivity index is 3.33. The van der Waals surface area contributed by atoms with Crippen LogP contribution in [-0.2, 0) is 0 Å².